The van der Waals surface area contributed by atoms with Gasteiger partial charge >= 0.3 is 0 Å². The molecule has 0 heteroatoms. The molecule has 1 aliphatic carbocycles. The fourth-order valence-electron chi connectivity index (χ4n) is 1.88. The highest BCUT2D eigenvalue weighted by molar-refractivity contribution is 4.84. The van der Waals surface area contributed by atoms with Crippen molar-refractivity contribution in [3.8, 4) is 0 Å². The van der Waals surface area contributed by atoms with E-state index in [-0.39, 0.29) is 0 Å². The van der Waals surface area contributed by atoms with Gasteiger partial charge in [0.1, 0.15) is 0 Å². The molecule has 1 radical (unpaired) electrons. The third-order valence-electron chi connectivity index (χ3n) is 2.78. The van der Waals surface area contributed by atoms with E-state index >= 15 is 0 Å². The zero-order valence-electron chi connectivity index (χ0n) is 8.26. The molecule has 1 unspecified atom stereocenters. The summed E-state index contributed by atoms with van der Waals surface area (Å²) in [5.41, 5.74) is 0. The molecule has 0 spiro atoms. The van der Waals surface area contributed by atoms with Gasteiger partial charge < -0.3 is 0 Å². The van der Waals surface area contributed by atoms with E-state index in [0.29, 0.717) is 0 Å². The van der Waals surface area contributed by atoms with Crippen molar-refractivity contribution in [3.05, 3.63) is 18.6 Å². The summed E-state index contributed by atoms with van der Waals surface area (Å²) < 4.78 is 0. The molecule has 0 aromatic rings. The molecule has 0 nitrogen and oxygen atoms in total. The average Bonchev–Trinajstić information content (AvgIpc) is 2.14. The van der Waals surface area contributed by atoms with Crippen LogP contribution in [0.15, 0.2) is 12.2 Å². The minimum atomic E-state index is 0.900. The molecule has 12 heavy (non-hydrogen) atoms. The lowest BCUT2D eigenvalue weighted by Crippen LogP contribution is -2.00. The molecule has 0 amide bonds. The molecule has 0 bridgehead atoms. The maximum Gasteiger partial charge on any atom is -0.0351 e. The first-order valence-corrected chi connectivity index (χ1v) is 5.38. The molecule has 69 valence electrons. The second-order valence-electron chi connectivity index (χ2n) is 3.78. The Morgan fingerprint density at radius 2 is 1.67 bits per heavy atom. The molecule has 0 heterocycles. The Bertz CT molecular complexity index is 124. The maximum atomic E-state index is 2.39. The Labute approximate surface area is 77.1 Å². The van der Waals surface area contributed by atoms with Crippen LogP contribution in [0.4, 0.5) is 0 Å². The van der Waals surface area contributed by atoms with E-state index in [9.17, 15) is 0 Å². The Morgan fingerprint density at radius 1 is 1.00 bits per heavy atom. The molecule has 0 N–H and O–H groups in total. The summed E-state index contributed by atoms with van der Waals surface area (Å²) >= 11 is 0. The summed E-state index contributed by atoms with van der Waals surface area (Å²) in [6.45, 7) is 2.21. The minimum absolute atomic E-state index is 0.900. The minimum Gasteiger partial charge on any atom is -0.0885 e. The van der Waals surface area contributed by atoms with Crippen LogP contribution in [0.2, 0.25) is 0 Å². The van der Waals surface area contributed by atoms with E-state index in [0.717, 1.165) is 5.92 Å². The van der Waals surface area contributed by atoms with Crippen molar-refractivity contribution in [2.45, 2.75) is 51.9 Å². The topological polar surface area (TPSA) is 0 Å². The molecule has 0 aromatic heterocycles. The third-order valence-corrected chi connectivity index (χ3v) is 2.78. The van der Waals surface area contributed by atoms with Gasteiger partial charge in [0.05, 0.1) is 0 Å². The molecule has 0 saturated heterocycles. The van der Waals surface area contributed by atoms with Crippen LogP contribution in [-0.2, 0) is 0 Å². The number of hydrogen-bond donors (Lipinski definition) is 0. The predicted molar refractivity (Wildman–Crippen MR) is 54.9 cm³/mol. The van der Waals surface area contributed by atoms with Crippen molar-refractivity contribution < 1.29 is 0 Å². The molecule has 1 rings (SSSR count). The van der Waals surface area contributed by atoms with Crippen LogP contribution in [0.25, 0.3) is 0 Å². The van der Waals surface area contributed by atoms with Crippen LogP contribution in [-0.4, -0.2) is 0 Å². The summed E-state index contributed by atoms with van der Waals surface area (Å²) in [4.78, 5) is 0. The van der Waals surface area contributed by atoms with Gasteiger partial charge in [-0.15, -0.1) is 0 Å². The van der Waals surface area contributed by atoms with Crippen LogP contribution in [0.1, 0.15) is 51.9 Å². The molecular formula is C12H21. The standard InChI is InChI=1S/C12H21/c1-2-12-10-8-6-4-3-5-7-9-11-12/h2-4,12H,5-11H2,1H3/b4-3-. The first-order valence-electron chi connectivity index (χ1n) is 5.38. The Hall–Kier alpha value is -0.260. The lowest BCUT2D eigenvalue weighted by atomic mass is 9.92. The van der Waals surface area contributed by atoms with Crippen LogP contribution in [0, 0.1) is 12.3 Å². The van der Waals surface area contributed by atoms with Gasteiger partial charge in [-0.3, -0.25) is 0 Å². The van der Waals surface area contributed by atoms with Crippen LogP contribution in [0.5, 0.6) is 0 Å². The zero-order chi connectivity index (χ0) is 8.65. The van der Waals surface area contributed by atoms with Gasteiger partial charge in [0, 0.05) is 0 Å². The SMILES string of the molecule is C[CH]C1CCC/C=C\CCCC1. The van der Waals surface area contributed by atoms with Crippen molar-refractivity contribution in [2.24, 2.45) is 5.92 Å². The summed E-state index contributed by atoms with van der Waals surface area (Å²) in [6, 6.07) is 0. The van der Waals surface area contributed by atoms with Crippen LogP contribution < -0.4 is 0 Å². The first kappa shape index (κ1) is 9.83. The third kappa shape index (κ3) is 3.94. The van der Waals surface area contributed by atoms with Gasteiger partial charge in [0.2, 0.25) is 0 Å². The van der Waals surface area contributed by atoms with E-state index in [1.54, 1.807) is 0 Å². The zero-order valence-corrected chi connectivity index (χ0v) is 8.26. The maximum absolute atomic E-state index is 2.39. The molecule has 0 aliphatic heterocycles. The van der Waals surface area contributed by atoms with Crippen LogP contribution in [0.3, 0.4) is 0 Å². The number of hydrogen-bond acceptors (Lipinski definition) is 0. The smallest absolute Gasteiger partial charge is 0.0351 e. The second kappa shape index (κ2) is 6.28. The van der Waals surface area contributed by atoms with E-state index < -0.39 is 0 Å². The molecule has 0 aromatic carbocycles. The summed E-state index contributed by atoms with van der Waals surface area (Å²) in [6.07, 6.45) is 16.7. The fourth-order valence-corrected chi connectivity index (χ4v) is 1.88. The molecular weight excluding hydrogens is 144 g/mol. The van der Waals surface area contributed by atoms with Gasteiger partial charge in [-0.05, 0) is 44.4 Å². The highest BCUT2D eigenvalue weighted by Crippen LogP contribution is 2.20. The lowest BCUT2D eigenvalue weighted by molar-refractivity contribution is 0.467. The quantitative estimate of drug-likeness (QED) is 0.512. The van der Waals surface area contributed by atoms with Gasteiger partial charge in [0.25, 0.3) is 0 Å². The molecule has 1 aliphatic rings. The lowest BCUT2D eigenvalue weighted by Gasteiger charge is -2.14. The van der Waals surface area contributed by atoms with Gasteiger partial charge in [-0.1, -0.05) is 31.9 Å². The van der Waals surface area contributed by atoms with E-state index in [4.69, 9.17) is 0 Å². The van der Waals surface area contributed by atoms with Crippen LogP contribution >= 0.6 is 0 Å². The Balaban J connectivity index is 2.26. The number of rotatable bonds is 1. The van der Waals surface area contributed by atoms with Crippen molar-refractivity contribution >= 4 is 0 Å². The van der Waals surface area contributed by atoms with Crippen molar-refractivity contribution in [3.63, 3.8) is 0 Å². The highest BCUT2D eigenvalue weighted by atomic mass is 14.1. The summed E-state index contributed by atoms with van der Waals surface area (Å²) in [5, 5.41) is 0. The predicted octanol–water partition coefficient (Wildman–Crippen LogP) is 4.13. The Kier molecular flexibility index (Phi) is 5.14. The van der Waals surface area contributed by atoms with Gasteiger partial charge in [0.15, 0.2) is 0 Å². The molecule has 0 fully saturated rings. The van der Waals surface area contributed by atoms with Gasteiger partial charge in [-0.2, -0.15) is 0 Å². The van der Waals surface area contributed by atoms with E-state index in [1.165, 1.54) is 44.9 Å². The molecule has 0 saturated carbocycles. The monoisotopic (exact) mass is 165 g/mol. The largest absolute Gasteiger partial charge is 0.0885 e. The van der Waals surface area contributed by atoms with E-state index in [1.807, 2.05) is 0 Å². The normalized spacial score (nSPS) is 29.6. The summed E-state index contributed by atoms with van der Waals surface area (Å²) in [5.74, 6) is 0.900. The molecule has 1 atom stereocenters. The first-order chi connectivity index (χ1) is 5.93. The number of allylic oxidation sites excluding steroid dienone is 2. The second-order valence-corrected chi connectivity index (χ2v) is 3.78. The van der Waals surface area contributed by atoms with Crippen molar-refractivity contribution in [2.75, 3.05) is 0 Å². The van der Waals surface area contributed by atoms with E-state index in [2.05, 4.69) is 25.5 Å². The van der Waals surface area contributed by atoms with Gasteiger partial charge in [-0.25, -0.2) is 0 Å². The highest BCUT2D eigenvalue weighted by Gasteiger charge is 2.05. The Morgan fingerprint density at radius 3 is 2.42 bits per heavy atom. The van der Waals surface area contributed by atoms with Crippen molar-refractivity contribution in [1.29, 1.82) is 0 Å². The fraction of sp³-hybridized carbons (Fsp3) is 0.750. The van der Waals surface area contributed by atoms with Crippen molar-refractivity contribution in [1.82, 2.24) is 0 Å². The average molecular weight is 165 g/mol. The summed E-state index contributed by atoms with van der Waals surface area (Å²) in [7, 11) is 0.